The molecule has 0 aliphatic rings. The Bertz CT molecular complexity index is 502. The average Bonchev–Trinajstić information content (AvgIpc) is 2.83. The van der Waals surface area contributed by atoms with E-state index in [4.69, 9.17) is 5.73 Å². The number of nitrogens with two attached hydrogens (primary N) is 1. The van der Waals surface area contributed by atoms with E-state index in [0.29, 0.717) is 12.5 Å². The van der Waals surface area contributed by atoms with E-state index in [9.17, 15) is 4.39 Å². The van der Waals surface area contributed by atoms with Gasteiger partial charge in [-0.3, -0.25) is 0 Å². The fourth-order valence-corrected chi connectivity index (χ4v) is 2.53. The van der Waals surface area contributed by atoms with Crippen LogP contribution in [-0.4, -0.2) is 11.1 Å². The molecule has 2 aromatic rings. The summed E-state index contributed by atoms with van der Waals surface area (Å²) >= 11 is 0. The second-order valence-electron chi connectivity index (χ2n) is 4.98. The van der Waals surface area contributed by atoms with Crippen LogP contribution < -0.4 is 5.73 Å². The van der Waals surface area contributed by atoms with Crippen molar-refractivity contribution in [3.05, 3.63) is 59.7 Å². The highest BCUT2D eigenvalue weighted by molar-refractivity contribution is 5.18. The van der Waals surface area contributed by atoms with Gasteiger partial charge in [-0.25, -0.2) is 4.39 Å². The maximum Gasteiger partial charge on any atom is 0.123 e. The number of benzene rings is 1. The molecule has 1 unspecified atom stereocenters. The molecule has 19 heavy (non-hydrogen) atoms. The highest BCUT2D eigenvalue weighted by atomic mass is 19.1. The number of aryl methyl sites for hydroxylation is 2. The van der Waals surface area contributed by atoms with Crippen LogP contribution in [-0.2, 0) is 13.5 Å². The Morgan fingerprint density at radius 2 is 1.89 bits per heavy atom. The minimum absolute atomic E-state index is 0.176. The van der Waals surface area contributed by atoms with Gasteiger partial charge in [0, 0.05) is 24.9 Å². The molecule has 2 rings (SSSR count). The van der Waals surface area contributed by atoms with Gasteiger partial charge in [-0.1, -0.05) is 12.1 Å². The van der Waals surface area contributed by atoms with E-state index >= 15 is 0 Å². The number of nitrogens with zero attached hydrogens (tertiary/aromatic N) is 1. The lowest BCUT2D eigenvalue weighted by atomic mass is 9.93. The van der Waals surface area contributed by atoms with E-state index < -0.39 is 0 Å². The van der Waals surface area contributed by atoms with Crippen LogP contribution in [0.4, 0.5) is 4.39 Å². The second kappa shape index (κ2) is 6.53. The number of hydrogen-bond acceptors (Lipinski definition) is 1. The van der Waals surface area contributed by atoms with Crippen molar-refractivity contribution in [1.29, 1.82) is 0 Å². The number of halogens is 1. The molecule has 0 radical (unpaired) electrons. The molecule has 0 spiro atoms. The van der Waals surface area contributed by atoms with Crippen LogP contribution in [0.2, 0.25) is 0 Å². The molecule has 0 aliphatic carbocycles. The standard InChI is InChI=1S/C16H21FN2/c1-19-12-2-3-16(19)14(10-11-18)7-4-13-5-8-15(17)9-6-13/h2-3,5-6,8-9,12,14H,4,7,10-11,18H2,1H3. The van der Waals surface area contributed by atoms with E-state index in [1.165, 1.54) is 23.4 Å². The molecule has 0 fully saturated rings. The average molecular weight is 260 g/mol. The van der Waals surface area contributed by atoms with Crippen LogP contribution in [0.3, 0.4) is 0 Å². The fraction of sp³-hybridized carbons (Fsp3) is 0.375. The Morgan fingerprint density at radius 3 is 2.47 bits per heavy atom. The van der Waals surface area contributed by atoms with Crippen molar-refractivity contribution < 1.29 is 4.39 Å². The van der Waals surface area contributed by atoms with Gasteiger partial charge in [-0.15, -0.1) is 0 Å². The first kappa shape index (κ1) is 13.8. The van der Waals surface area contributed by atoms with Gasteiger partial charge in [0.25, 0.3) is 0 Å². The van der Waals surface area contributed by atoms with Gasteiger partial charge in [0.1, 0.15) is 5.82 Å². The van der Waals surface area contributed by atoms with Crippen molar-refractivity contribution in [2.75, 3.05) is 6.54 Å². The third-order valence-electron chi connectivity index (χ3n) is 3.61. The normalized spacial score (nSPS) is 12.6. The molecule has 1 heterocycles. The highest BCUT2D eigenvalue weighted by Gasteiger charge is 2.13. The summed E-state index contributed by atoms with van der Waals surface area (Å²) in [6, 6.07) is 11.0. The first-order valence-corrected chi connectivity index (χ1v) is 6.76. The molecule has 0 aliphatic heterocycles. The van der Waals surface area contributed by atoms with Gasteiger partial charge in [-0.2, -0.15) is 0 Å². The summed E-state index contributed by atoms with van der Waals surface area (Å²) in [5, 5.41) is 0. The molecule has 1 aromatic carbocycles. The van der Waals surface area contributed by atoms with Gasteiger partial charge in [0.05, 0.1) is 0 Å². The lowest BCUT2D eigenvalue weighted by Gasteiger charge is -2.17. The molecule has 2 N–H and O–H groups in total. The summed E-state index contributed by atoms with van der Waals surface area (Å²) in [5.74, 6) is 0.291. The summed E-state index contributed by atoms with van der Waals surface area (Å²) in [5.41, 5.74) is 8.22. The zero-order valence-electron chi connectivity index (χ0n) is 11.3. The summed E-state index contributed by atoms with van der Waals surface area (Å²) < 4.78 is 15.0. The van der Waals surface area contributed by atoms with Crippen molar-refractivity contribution in [3.8, 4) is 0 Å². The maximum atomic E-state index is 12.9. The highest BCUT2D eigenvalue weighted by Crippen LogP contribution is 2.25. The van der Waals surface area contributed by atoms with Gasteiger partial charge in [0.15, 0.2) is 0 Å². The van der Waals surface area contributed by atoms with Crippen LogP contribution in [0.5, 0.6) is 0 Å². The van der Waals surface area contributed by atoms with Crippen molar-refractivity contribution in [3.63, 3.8) is 0 Å². The molecule has 1 atom stereocenters. The molecular formula is C16H21FN2. The maximum absolute atomic E-state index is 12.9. The molecule has 1 aromatic heterocycles. The molecule has 2 nitrogen and oxygen atoms in total. The number of rotatable bonds is 6. The van der Waals surface area contributed by atoms with E-state index in [-0.39, 0.29) is 5.82 Å². The molecule has 102 valence electrons. The Hall–Kier alpha value is -1.61. The molecule has 3 heteroatoms. The predicted octanol–water partition coefficient (Wildman–Crippen LogP) is 3.23. The largest absolute Gasteiger partial charge is 0.354 e. The van der Waals surface area contributed by atoms with Crippen molar-refractivity contribution in [2.45, 2.75) is 25.2 Å². The number of hydrogen-bond donors (Lipinski definition) is 1. The smallest absolute Gasteiger partial charge is 0.123 e. The minimum Gasteiger partial charge on any atom is -0.354 e. The van der Waals surface area contributed by atoms with Gasteiger partial charge >= 0.3 is 0 Å². The van der Waals surface area contributed by atoms with Gasteiger partial charge < -0.3 is 10.3 Å². The van der Waals surface area contributed by atoms with Crippen molar-refractivity contribution in [1.82, 2.24) is 4.57 Å². The van der Waals surface area contributed by atoms with E-state index in [2.05, 4.69) is 29.9 Å². The summed E-state index contributed by atoms with van der Waals surface area (Å²) in [6.45, 7) is 0.694. The SMILES string of the molecule is Cn1cccc1C(CCN)CCc1ccc(F)cc1. The zero-order chi connectivity index (χ0) is 13.7. The van der Waals surface area contributed by atoms with Crippen LogP contribution in [0.15, 0.2) is 42.6 Å². The van der Waals surface area contributed by atoms with Crippen molar-refractivity contribution in [2.24, 2.45) is 12.8 Å². The second-order valence-corrected chi connectivity index (χ2v) is 4.98. The first-order chi connectivity index (χ1) is 9.20. The zero-order valence-corrected chi connectivity index (χ0v) is 11.3. The van der Waals surface area contributed by atoms with Crippen LogP contribution in [0.25, 0.3) is 0 Å². The van der Waals surface area contributed by atoms with E-state index in [1.54, 1.807) is 0 Å². The van der Waals surface area contributed by atoms with Gasteiger partial charge in [0.2, 0.25) is 0 Å². The van der Waals surface area contributed by atoms with Gasteiger partial charge in [-0.05, 0) is 55.6 Å². The molecular weight excluding hydrogens is 239 g/mol. The summed E-state index contributed by atoms with van der Waals surface area (Å²) in [7, 11) is 2.07. The molecule has 0 bridgehead atoms. The third kappa shape index (κ3) is 3.67. The topological polar surface area (TPSA) is 30.9 Å². The monoisotopic (exact) mass is 260 g/mol. The van der Waals surface area contributed by atoms with Crippen molar-refractivity contribution >= 4 is 0 Å². The molecule has 0 saturated heterocycles. The van der Waals surface area contributed by atoms with E-state index in [1.807, 2.05) is 12.1 Å². The molecule has 0 saturated carbocycles. The lowest BCUT2D eigenvalue weighted by molar-refractivity contribution is 0.551. The van der Waals surface area contributed by atoms with Crippen LogP contribution in [0.1, 0.15) is 30.0 Å². The molecule has 0 amide bonds. The van der Waals surface area contributed by atoms with Crippen LogP contribution >= 0.6 is 0 Å². The number of aromatic nitrogens is 1. The fourth-order valence-electron chi connectivity index (χ4n) is 2.53. The van der Waals surface area contributed by atoms with E-state index in [0.717, 1.165) is 19.3 Å². The first-order valence-electron chi connectivity index (χ1n) is 6.76. The Morgan fingerprint density at radius 1 is 1.16 bits per heavy atom. The summed E-state index contributed by atoms with van der Waals surface area (Å²) in [4.78, 5) is 0. The lowest BCUT2D eigenvalue weighted by Crippen LogP contribution is -2.11. The summed E-state index contributed by atoms with van der Waals surface area (Å²) in [6.07, 6.45) is 5.05. The minimum atomic E-state index is -0.176. The Balaban J connectivity index is 2.01. The Labute approximate surface area is 114 Å². The van der Waals surface area contributed by atoms with Crippen LogP contribution in [0, 0.1) is 5.82 Å². The Kier molecular flexibility index (Phi) is 4.74. The predicted molar refractivity (Wildman–Crippen MR) is 76.5 cm³/mol. The quantitative estimate of drug-likeness (QED) is 0.849. The third-order valence-corrected chi connectivity index (χ3v) is 3.61.